The van der Waals surface area contributed by atoms with Crippen molar-refractivity contribution in [2.75, 3.05) is 0 Å². The van der Waals surface area contributed by atoms with Crippen LogP contribution in [0.3, 0.4) is 0 Å². The zero-order valence-corrected chi connectivity index (χ0v) is 26.2. The molecule has 0 aliphatic rings. The van der Waals surface area contributed by atoms with Gasteiger partial charge < -0.3 is 6.16 Å². The van der Waals surface area contributed by atoms with E-state index in [9.17, 15) is 9.59 Å². The number of hydrogen-bond donors (Lipinski definition) is 0. The van der Waals surface area contributed by atoms with Crippen LogP contribution in [-0.4, -0.2) is 11.9 Å². The topological polar surface area (TPSA) is 43.4 Å². The second kappa shape index (κ2) is 30.1. The van der Waals surface area contributed by atoms with Gasteiger partial charge in [0, 0.05) is 6.42 Å². The summed E-state index contributed by atoms with van der Waals surface area (Å²) in [4.78, 5) is 24.0. The van der Waals surface area contributed by atoms with E-state index in [0.29, 0.717) is 6.42 Å². The molecule has 3 nitrogen and oxygen atoms in total. The average Bonchev–Trinajstić information content (AvgIpc) is 2.83. The predicted molar refractivity (Wildman–Crippen MR) is 148 cm³/mol. The number of hydrogen-bond acceptors (Lipinski definition) is 3. The number of allylic oxidation sites excluding steroid dienone is 2. The third-order valence-electron chi connectivity index (χ3n) is 6.75. The molecule has 0 heterocycles. The molecule has 1 atom stereocenters. The van der Waals surface area contributed by atoms with Gasteiger partial charge in [0.2, 0.25) is 0 Å². The van der Waals surface area contributed by atoms with E-state index in [1.807, 2.05) is 6.92 Å². The van der Waals surface area contributed by atoms with Crippen molar-refractivity contribution in [2.24, 2.45) is 5.92 Å². The summed E-state index contributed by atoms with van der Waals surface area (Å²) in [5, 5.41) is 0. The monoisotopic (exact) mass is 502 g/mol. The van der Waals surface area contributed by atoms with E-state index in [0.717, 1.165) is 32.1 Å². The summed E-state index contributed by atoms with van der Waals surface area (Å²) >= 11 is 0. The van der Waals surface area contributed by atoms with Gasteiger partial charge in [0.1, 0.15) is 0 Å². The molecule has 1 unspecified atom stereocenters. The second-order valence-electron chi connectivity index (χ2n) is 10.3. The summed E-state index contributed by atoms with van der Waals surface area (Å²) < 4.78 is 5.07. The Kier molecular flexibility index (Phi) is 31.9. The third-order valence-corrected chi connectivity index (χ3v) is 6.75. The van der Waals surface area contributed by atoms with Crippen LogP contribution in [-0.2, 0) is 14.3 Å². The molecule has 0 aliphatic heterocycles. The minimum absolute atomic E-state index is 0. The van der Waals surface area contributed by atoms with Gasteiger partial charge in [0.25, 0.3) is 0 Å². The van der Waals surface area contributed by atoms with Gasteiger partial charge in [-0.1, -0.05) is 136 Å². The van der Waals surface area contributed by atoms with Crippen LogP contribution >= 0.6 is 0 Å². The molecule has 35 heavy (non-hydrogen) atoms. The second-order valence-corrected chi connectivity index (χ2v) is 10.3. The molecule has 0 saturated heterocycles. The first kappa shape index (κ1) is 37.0. The van der Waals surface area contributed by atoms with Gasteiger partial charge in [-0.05, 0) is 38.5 Å². The van der Waals surface area contributed by atoms with Crippen LogP contribution in [0.2, 0.25) is 0 Å². The Balaban J connectivity index is -0.00000544. The van der Waals surface area contributed by atoms with Gasteiger partial charge in [0.15, 0.2) is 0 Å². The SMILES string of the molecule is CCCCCCCC/C=C\CCCCCCCC(=O)OC(=O)C(C)CCCCCCCCCC.[H-].[Na+]. The van der Waals surface area contributed by atoms with Gasteiger partial charge in [0.05, 0.1) is 5.92 Å². The van der Waals surface area contributed by atoms with Gasteiger partial charge in [-0.3, -0.25) is 9.59 Å². The fraction of sp³-hybridized carbons (Fsp3) is 0.871. The molecule has 0 bridgehead atoms. The van der Waals surface area contributed by atoms with Crippen LogP contribution in [0.1, 0.15) is 170 Å². The minimum Gasteiger partial charge on any atom is -1.00 e. The summed E-state index contributed by atoms with van der Waals surface area (Å²) in [5.41, 5.74) is 0. The van der Waals surface area contributed by atoms with Crippen molar-refractivity contribution in [3.05, 3.63) is 12.2 Å². The minimum atomic E-state index is -0.342. The zero-order valence-electron chi connectivity index (χ0n) is 25.2. The van der Waals surface area contributed by atoms with E-state index in [1.165, 1.54) is 109 Å². The summed E-state index contributed by atoms with van der Waals surface area (Å²) in [5.74, 6) is -0.843. The summed E-state index contributed by atoms with van der Waals surface area (Å²) in [6.07, 6.45) is 32.0. The van der Waals surface area contributed by atoms with Crippen molar-refractivity contribution in [3.63, 3.8) is 0 Å². The fourth-order valence-corrected chi connectivity index (χ4v) is 4.31. The molecule has 202 valence electrons. The Bertz CT molecular complexity index is 496. The Morgan fingerprint density at radius 1 is 0.629 bits per heavy atom. The molecular formula is C31H59NaO3. The van der Waals surface area contributed by atoms with Gasteiger partial charge in [-0.15, -0.1) is 0 Å². The smallest absolute Gasteiger partial charge is 1.00 e. The Morgan fingerprint density at radius 3 is 1.51 bits per heavy atom. The molecule has 0 aromatic heterocycles. The average molecular weight is 503 g/mol. The van der Waals surface area contributed by atoms with E-state index in [-0.39, 0.29) is 48.8 Å². The molecule has 0 aromatic carbocycles. The van der Waals surface area contributed by atoms with Crippen molar-refractivity contribution >= 4 is 11.9 Å². The first-order valence-corrected chi connectivity index (χ1v) is 15.0. The number of ether oxygens (including phenoxy) is 1. The molecule has 0 radical (unpaired) electrons. The third kappa shape index (κ3) is 28.3. The molecule has 4 heteroatoms. The number of carbonyl (C=O) groups is 2. The zero-order chi connectivity index (χ0) is 25.1. The molecule has 0 N–H and O–H groups in total. The van der Waals surface area contributed by atoms with Crippen molar-refractivity contribution in [2.45, 2.75) is 168 Å². The van der Waals surface area contributed by atoms with Crippen molar-refractivity contribution in [3.8, 4) is 0 Å². The molecule has 0 saturated carbocycles. The summed E-state index contributed by atoms with van der Waals surface area (Å²) in [7, 11) is 0. The normalized spacial score (nSPS) is 12.0. The molecular weight excluding hydrogens is 443 g/mol. The largest absolute Gasteiger partial charge is 1.00 e. The molecule has 0 amide bonds. The van der Waals surface area contributed by atoms with Crippen LogP contribution in [0.5, 0.6) is 0 Å². The van der Waals surface area contributed by atoms with E-state index in [2.05, 4.69) is 26.0 Å². The van der Waals surface area contributed by atoms with E-state index in [4.69, 9.17) is 4.74 Å². The van der Waals surface area contributed by atoms with E-state index < -0.39 is 0 Å². The number of unbranched alkanes of at least 4 members (excludes halogenated alkanes) is 18. The van der Waals surface area contributed by atoms with E-state index in [1.54, 1.807) is 0 Å². The van der Waals surface area contributed by atoms with Crippen molar-refractivity contribution in [1.29, 1.82) is 0 Å². The van der Waals surface area contributed by atoms with Crippen LogP contribution in [0.4, 0.5) is 0 Å². The quantitative estimate of drug-likeness (QED) is 0.0430. The first-order chi connectivity index (χ1) is 16.6. The Labute approximate surface area is 242 Å². The predicted octanol–water partition coefficient (Wildman–Crippen LogP) is 7.38. The van der Waals surface area contributed by atoms with Crippen molar-refractivity contribution < 1.29 is 45.3 Å². The number of esters is 2. The first-order valence-electron chi connectivity index (χ1n) is 15.0. The maximum atomic E-state index is 12.1. The van der Waals surface area contributed by atoms with E-state index >= 15 is 0 Å². The molecule has 0 rings (SSSR count). The van der Waals surface area contributed by atoms with Gasteiger partial charge in [-0.2, -0.15) is 0 Å². The molecule has 0 aliphatic carbocycles. The van der Waals surface area contributed by atoms with Crippen LogP contribution in [0, 0.1) is 5.92 Å². The Hall–Kier alpha value is -0.120. The maximum absolute atomic E-state index is 12.1. The summed E-state index contributed by atoms with van der Waals surface area (Å²) in [6.45, 7) is 6.39. The standard InChI is InChI=1S/C31H58O3.Na.H/c1-4-6-8-10-12-14-15-16-17-18-19-20-22-24-26-28-30(32)34-31(33)29(3)27-25-23-21-13-11-9-7-5-2;;/h16-17,29H,4-15,18-28H2,1-3H3;;/q;+1;-1/b17-16-;;. The van der Waals surface area contributed by atoms with Gasteiger partial charge in [-0.25, -0.2) is 0 Å². The molecule has 0 aromatic rings. The van der Waals surface area contributed by atoms with Crippen LogP contribution in [0.25, 0.3) is 0 Å². The summed E-state index contributed by atoms with van der Waals surface area (Å²) in [6, 6.07) is 0. The Morgan fingerprint density at radius 2 is 1.03 bits per heavy atom. The maximum Gasteiger partial charge on any atom is 1.00 e. The number of rotatable bonds is 25. The van der Waals surface area contributed by atoms with Gasteiger partial charge >= 0.3 is 41.5 Å². The van der Waals surface area contributed by atoms with Crippen molar-refractivity contribution in [1.82, 2.24) is 0 Å². The molecule has 0 spiro atoms. The fourth-order valence-electron chi connectivity index (χ4n) is 4.31. The number of carbonyl (C=O) groups excluding carboxylic acids is 2. The van der Waals surface area contributed by atoms with Crippen LogP contribution in [0.15, 0.2) is 12.2 Å². The van der Waals surface area contributed by atoms with Crippen LogP contribution < -0.4 is 29.6 Å². The molecule has 0 fully saturated rings.